The van der Waals surface area contributed by atoms with Crippen LogP contribution in [0.15, 0.2) is 224 Å². The van der Waals surface area contributed by atoms with E-state index in [9.17, 15) is 52.7 Å². The molecule has 570 valence electrons. The van der Waals surface area contributed by atoms with E-state index in [1.54, 1.807) is 103 Å². The van der Waals surface area contributed by atoms with Crippen molar-refractivity contribution in [3.8, 4) is 111 Å². The van der Waals surface area contributed by atoms with Crippen LogP contribution in [0.3, 0.4) is 0 Å². The Bertz CT molecular complexity index is 7370. The number of aromatic nitrogens is 4. The lowest BCUT2D eigenvalue weighted by Crippen LogP contribution is -2.16. The molecule has 0 fully saturated rings. The summed E-state index contributed by atoms with van der Waals surface area (Å²) in [5.74, 6) is -30.2. The van der Waals surface area contributed by atoms with E-state index in [1.807, 2.05) is 0 Å². The predicted octanol–water partition coefficient (Wildman–Crippen LogP) is 27.5. The van der Waals surface area contributed by atoms with Gasteiger partial charge in [0.15, 0.2) is 104 Å². The minimum absolute atomic E-state index is 0.00464. The molecular formula is C88H34F20N4O4. The smallest absolute Gasteiger partial charge is 0.422 e. The lowest BCUT2D eigenvalue weighted by atomic mass is 9.92. The third-order valence-corrected chi connectivity index (χ3v) is 20.5. The molecule has 116 heavy (non-hydrogen) atoms. The van der Waals surface area contributed by atoms with E-state index >= 15 is 35.1 Å². The minimum Gasteiger partial charge on any atom is -0.453 e. The first-order chi connectivity index (χ1) is 55.6. The number of pyridine rings is 4. The number of fused-ring (bicyclic) bond motifs is 12. The van der Waals surface area contributed by atoms with Crippen molar-refractivity contribution in [1.29, 1.82) is 0 Å². The van der Waals surface area contributed by atoms with Crippen LogP contribution in [0.4, 0.5) is 87.8 Å². The Labute approximate surface area is 634 Å². The van der Waals surface area contributed by atoms with Gasteiger partial charge in [-0.2, -0.15) is 26.3 Å². The molecule has 0 aliphatic rings. The van der Waals surface area contributed by atoms with E-state index in [2.05, 4.69) is 19.9 Å². The lowest BCUT2D eigenvalue weighted by Gasteiger charge is -2.15. The number of furan rings is 4. The van der Waals surface area contributed by atoms with Crippen LogP contribution >= 0.6 is 0 Å². The zero-order chi connectivity index (χ0) is 80.7. The summed E-state index contributed by atoms with van der Waals surface area (Å²) in [6.45, 7) is 0. The molecule has 8 nitrogen and oxygen atoms in total. The topological polar surface area (TPSA) is 104 Å². The highest BCUT2D eigenvalue weighted by Gasteiger charge is 2.45. The third-order valence-electron chi connectivity index (χ3n) is 20.5. The SMILES string of the molecule is Fc1cc(-c2cccc3c2oc2c(-c4ccc(-c5ccnc6c5oc5c(-c7cc(F)c(F)c(F)c7)cc(-c7cc(-c8c(F)c(F)c(C(F)(F)F)c(F)c8F)c8oc9c(-c%10ccc(-c%11ccc(-c%12ccnc%13c%12oc%12c(-c%14c(F)c(F)c(C(F)(F)F)c(F)c%14F)cccc%12%13)cc%11)cc%10)ccnc9c8c7)cc56)cc4)ccnc23)cc(F)c1F. The number of hydrogen-bond acceptors (Lipinski definition) is 8. The second kappa shape index (κ2) is 26.2. The molecule has 0 radical (unpaired) electrons. The van der Waals surface area contributed by atoms with Crippen molar-refractivity contribution in [2.24, 2.45) is 0 Å². The monoisotopic (exact) mass is 1590 g/mol. The van der Waals surface area contributed by atoms with Gasteiger partial charge in [-0.3, -0.25) is 19.9 Å². The van der Waals surface area contributed by atoms with Gasteiger partial charge in [-0.05, 0) is 141 Å². The molecule has 19 rings (SSSR count). The largest absolute Gasteiger partial charge is 0.453 e. The van der Waals surface area contributed by atoms with Gasteiger partial charge in [0.05, 0.1) is 11.1 Å². The van der Waals surface area contributed by atoms with Crippen LogP contribution in [0.25, 0.3) is 200 Å². The Hall–Kier alpha value is -14.2. The van der Waals surface area contributed by atoms with Gasteiger partial charge in [-0.1, -0.05) is 97.1 Å². The molecule has 0 saturated carbocycles. The van der Waals surface area contributed by atoms with Gasteiger partial charge in [0.25, 0.3) is 0 Å². The quantitative estimate of drug-likeness (QED) is 0.0758. The number of benzene rings is 11. The van der Waals surface area contributed by atoms with Crippen molar-refractivity contribution < 1.29 is 105 Å². The number of nitrogens with zero attached hydrogens (tertiary/aromatic N) is 4. The maximum Gasteiger partial charge on any atom is 0.422 e. The van der Waals surface area contributed by atoms with Crippen molar-refractivity contribution in [2.75, 3.05) is 0 Å². The van der Waals surface area contributed by atoms with E-state index in [4.69, 9.17) is 17.7 Å². The number of rotatable bonds is 10. The maximum absolute atomic E-state index is 16.8. The Kier molecular flexibility index (Phi) is 16.3. The highest BCUT2D eigenvalue weighted by Crippen LogP contribution is 2.51. The van der Waals surface area contributed by atoms with Gasteiger partial charge in [-0.25, -0.2) is 61.5 Å². The van der Waals surface area contributed by atoms with Gasteiger partial charge in [0.1, 0.15) is 55.5 Å². The van der Waals surface area contributed by atoms with Crippen LogP contribution in [0, 0.1) is 81.4 Å². The number of alkyl halides is 6. The summed E-state index contributed by atoms with van der Waals surface area (Å²) >= 11 is 0. The summed E-state index contributed by atoms with van der Waals surface area (Å²) in [7, 11) is 0. The lowest BCUT2D eigenvalue weighted by molar-refractivity contribution is -0.144. The van der Waals surface area contributed by atoms with Crippen molar-refractivity contribution in [3.05, 3.63) is 299 Å². The first-order valence-corrected chi connectivity index (χ1v) is 34.4. The molecule has 0 atom stereocenters. The molecule has 0 unspecified atom stereocenters. The molecule has 19 aromatic rings. The third kappa shape index (κ3) is 11.1. The standard InChI is InChI=1S/C88H34F20N4O4/c89-57-31-43(32-58(90)65(57)93)45-3-1-5-51-75-83(113-79(45)51)47(20-23-109-75)39-15-17-40(18-16-39)49-22-25-111-77-55-29-41(27-53(81(55)115-85(49)77)44-33-59(91)66(94)60(92)34-44)42-28-54(62-69(97)73(101)64(88(106,107)108)74(102)70(62)98)82-56(30-42)78-86(116-82)48(21-26-112-78)38-13-9-36(10-14-38)35-7-11-37(12-8-35)46-19-24-110-76-52-6-2-4-50(80(52)114-84(46)76)61-67(95)71(99)63(87(103,104)105)72(100)68(61)96/h1-34H. The van der Waals surface area contributed by atoms with Crippen molar-refractivity contribution in [3.63, 3.8) is 0 Å². The first kappa shape index (κ1) is 72.1. The zero-order valence-corrected chi connectivity index (χ0v) is 57.6. The van der Waals surface area contributed by atoms with Gasteiger partial charge >= 0.3 is 12.4 Å². The average molecular weight is 1590 g/mol. The van der Waals surface area contributed by atoms with E-state index in [0.29, 0.717) is 73.1 Å². The molecule has 0 amide bonds. The molecular weight excluding hydrogens is 1560 g/mol. The molecule has 28 heteroatoms. The minimum atomic E-state index is -5.97. The summed E-state index contributed by atoms with van der Waals surface area (Å²) in [4.78, 5) is 18.0. The summed E-state index contributed by atoms with van der Waals surface area (Å²) < 4.78 is 324. The fraction of sp³-hybridized carbons (Fsp3) is 0.0227. The van der Waals surface area contributed by atoms with Crippen molar-refractivity contribution in [1.82, 2.24) is 19.9 Å². The fourth-order valence-electron chi connectivity index (χ4n) is 15.1. The average Bonchev–Trinajstić information content (AvgIpc) is 1.00. The highest BCUT2D eigenvalue weighted by molar-refractivity contribution is 6.17. The van der Waals surface area contributed by atoms with Crippen LogP contribution in [-0.2, 0) is 12.4 Å². The molecule has 0 N–H and O–H groups in total. The second-order valence-electron chi connectivity index (χ2n) is 27.0. The molecule has 0 aliphatic heterocycles. The number of halogens is 20. The van der Waals surface area contributed by atoms with Crippen LogP contribution in [0.2, 0.25) is 0 Å². The summed E-state index contributed by atoms with van der Waals surface area (Å²) in [5, 5.41) is 0.467. The Morgan fingerprint density at radius 3 is 0.819 bits per heavy atom. The van der Waals surface area contributed by atoms with Gasteiger partial charge in [0.2, 0.25) is 0 Å². The first-order valence-electron chi connectivity index (χ1n) is 34.4. The molecule has 8 aromatic heterocycles. The number of para-hydroxylation sites is 2. The Morgan fingerprint density at radius 2 is 0.474 bits per heavy atom. The van der Waals surface area contributed by atoms with E-state index < -0.39 is 133 Å². The fourth-order valence-corrected chi connectivity index (χ4v) is 15.1. The highest BCUT2D eigenvalue weighted by atomic mass is 19.4. The van der Waals surface area contributed by atoms with Gasteiger partial charge < -0.3 is 17.7 Å². The molecule has 11 aromatic carbocycles. The predicted molar refractivity (Wildman–Crippen MR) is 391 cm³/mol. The summed E-state index contributed by atoms with van der Waals surface area (Å²) in [6.07, 6.45) is -6.15. The van der Waals surface area contributed by atoms with E-state index in [0.717, 1.165) is 24.3 Å². The normalized spacial score (nSPS) is 12.3. The van der Waals surface area contributed by atoms with Gasteiger partial charge in [-0.15, -0.1) is 0 Å². The Balaban J connectivity index is 0.712. The van der Waals surface area contributed by atoms with Gasteiger partial charge in [0, 0.05) is 90.8 Å². The van der Waals surface area contributed by atoms with E-state index in [1.165, 1.54) is 67.3 Å². The second-order valence-corrected chi connectivity index (χ2v) is 27.0. The molecule has 0 saturated heterocycles. The maximum atomic E-state index is 16.8. The zero-order valence-electron chi connectivity index (χ0n) is 57.6. The molecule has 0 spiro atoms. The molecule has 8 heterocycles. The summed E-state index contributed by atoms with van der Waals surface area (Å²) in [5.41, 5.74) is -6.32. The van der Waals surface area contributed by atoms with Crippen LogP contribution in [0.1, 0.15) is 11.1 Å². The van der Waals surface area contributed by atoms with Crippen LogP contribution in [0.5, 0.6) is 0 Å². The molecule has 0 aliphatic carbocycles. The van der Waals surface area contributed by atoms with E-state index in [-0.39, 0.29) is 111 Å². The number of hydrogen-bond donors (Lipinski definition) is 0. The summed E-state index contributed by atoms with van der Waals surface area (Å²) in [6, 6.07) is 42.9. The Morgan fingerprint density at radius 1 is 0.207 bits per heavy atom. The molecule has 0 bridgehead atoms. The van der Waals surface area contributed by atoms with Crippen LogP contribution in [-0.4, -0.2) is 19.9 Å². The van der Waals surface area contributed by atoms with Crippen LogP contribution < -0.4 is 0 Å². The van der Waals surface area contributed by atoms with Crippen molar-refractivity contribution >= 4 is 88.3 Å². The van der Waals surface area contributed by atoms with Crippen molar-refractivity contribution in [2.45, 2.75) is 12.4 Å².